The Bertz CT molecular complexity index is 880. The second kappa shape index (κ2) is 8.02. The van der Waals surface area contributed by atoms with E-state index in [-0.39, 0.29) is 24.7 Å². The number of esters is 1. The lowest BCUT2D eigenvalue weighted by Gasteiger charge is -2.13. The van der Waals surface area contributed by atoms with E-state index in [1.54, 1.807) is 31.2 Å². The number of nitrogens with one attached hydrogen (secondary N) is 1. The second-order valence-corrected chi connectivity index (χ2v) is 5.24. The maximum atomic E-state index is 11.9. The summed E-state index contributed by atoms with van der Waals surface area (Å²) in [6, 6.07) is 8.77. The van der Waals surface area contributed by atoms with Crippen molar-refractivity contribution in [1.29, 1.82) is 5.26 Å². The largest absolute Gasteiger partial charge is 0.493 e. The summed E-state index contributed by atoms with van der Waals surface area (Å²) < 4.78 is 15.7. The zero-order chi connectivity index (χ0) is 18.4. The number of nitriles is 1. The lowest BCUT2D eigenvalue weighted by Crippen LogP contribution is -2.13. The van der Waals surface area contributed by atoms with Gasteiger partial charge in [0, 0.05) is 18.2 Å². The maximum absolute atomic E-state index is 11.9. The molecule has 0 saturated carbocycles. The fourth-order valence-corrected chi connectivity index (χ4v) is 2.32. The predicted molar refractivity (Wildman–Crippen MR) is 90.6 cm³/mol. The first-order chi connectivity index (χ1) is 12.0. The summed E-state index contributed by atoms with van der Waals surface area (Å²) in [5.74, 6) is 0.542. The van der Waals surface area contributed by atoms with E-state index in [1.165, 1.54) is 14.0 Å². The maximum Gasteiger partial charge on any atom is 0.302 e. The van der Waals surface area contributed by atoms with Crippen LogP contribution in [0.25, 0.3) is 11.1 Å². The molecule has 25 heavy (non-hydrogen) atoms. The van der Waals surface area contributed by atoms with E-state index >= 15 is 0 Å². The minimum absolute atomic E-state index is 0.0381. The van der Waals surface area contributed by atoms with E-state index in [1.807, 2.05) is 6.07 Å². The molecule has 1 aromatic carbocycles. The Morgan fingerprint density at radius 2 is 2.00 bits per heavy atom. The fourth-order valence-electron chi connectivity index (χ4n) is 2.32. The fraction of sp³-hybridized carbons (Fsp3) is 0.278. The average Bonchev–Trinajstić information content (AvgIpc) is 2.58. The zero-order valence-corrected chi connectivity index (χ0v) is 14.2. The molecule has 0 spiro atoms. The van der Waals surface area contributed by atoms with Crippen LogP contribution in [0.2, 0.25) is 0 Å². The quantitative estimate of drug-likeness (QED) is 0.638. The van der Waals surface area contributed by atoms with E-state index < -0.39 is 5.56 Å². The molecule has 0 aliphatic heterocycles. The van der Waals surface area contributed by atoms with Gasteiger partial charge in [0.1, 0.15) is 24.8 Å². The standard InChI is InChI=1S/C18H18N2O5/c1-11-8-14(15(10-19)18(22)20-11)13-4-5-16(17(9-13)23-3)25-7-6-24-12(2)21/h4-5,8-9H,6-7H2,1-3H3,(H,20,22). The molecule has 7 heteroatoms. The van der Waals surface area contributed by atoms with Gasteiger partial charge in [-0.3, -0.25) is 9.59 Å². The molecule has 130 valence electrons. The number of ether oxygens (including phenoxy) is 3. The Labute approximate surface area is 144 Å². The third-order valence-electron chi connectivity index (χ3n) is 3.40. The Hall–Kier alpha value is -3.27. The molecule has 0 aliphatic carbocycles. The van der Waals surface area contributed by atoms with Gasteiger partial charge in [-0.2, -0.15) is 5.26 Å². The zero-order valence-electron chi connectivity index (χ0n) is 14.2. The Balaban J connectivity index is 2.32. The first-order valence-electron chi connectivity index (χ1n) is 7.55. The predicted octanol–water partition coefficient (Wildman–Crippen LogP) is 2.17. The summed E-state index contributed by atoms with van der Waals surface area (Å²) in [7, 11) is 1.49. The van der Waals surface area contributed by atoms with Crippen molar-refractivity contribution in [2.75, 3.05) is 20.3 Å². The number of benzene rings is 1. The van der Waals surface area contributed by atoms with Gasteiger partial charge in [-0.15, -0.1) is 0 Å². The topological polar surface area (TPSA) is 101 Å². The van der Waals surface area contributed by atoms with Crippen molar-refractivity contribution in [3.05, 3.63) is 45.9 Å². The van der Waals surface area contributed by atoms with Gasteiger partial charge >= 0.3 is 5.97 Å². The number of methoxy groups -OCH3 is 1. The van der Waals surface area contributed by atoms with Crippen molar-refractivity contribution >= 4 is 5.97 Å². The van der Waals surface area contributed by atoms with Crippen molar-refractivity contribution < 1.29 is 19.0 Å². The van der Waals surface area contributed by atoms with E-state index in [2.05, 4.69) is 4.98 Å². The number of hydrogen-bond donors (Lipinski definition) is 1. The van der Waals surface area contributed by atoms with Crippen LogP contribution >= 0.6 is 0 Å². The van der Waals surface area contributed by atoms with Crippen LogP contribution in [0, 0.1) is 18.3 Å². The highest BCUT2D eigenvalue weighted by Crippen LogP contribution is 2.33. The van der Waals surface area contributed by atoms with Gasteiger partial charge in [0.2, 0.25) is 0 Å². The van der Waals surface area contributed by atoms with Crippen LogP contribution in [-0.2, 0) is 9.53 Å². The first-order valence-corrected chi connectivity index (χ1v) is 7.55. The van der Waals surface area contributed by atoms with E-state index in [0.717, 1.165) is 0 Å². The number of rotatable bonds is 6. The molecule has 1 heterocycles. The van der Waals surface area contributed by atoms with Crippen molar-refractivity contribution in [2.24, 2.45) is 0 Å². The van der Waals surface area contributed by atoms with Gasteiger partial charge in [0.05, 0.1) is 7.11 Å². The van der Waals surface area contributed by atoms with Crippen LogP contribution < -0.4 is 15.0 Å². The van der Waals surface area contributed by atoms with Gasteiger partial charge in [0.25, 0.3) is 5.56 Å². The number of H-pyrrole nitrogens is 1. The van der Waals surface area contributed by atoms with Crippen LogP contribution in [0.1, 0.15) is 18.2 Å². The molecule has 0 unspecified atom stereocenters. The van der Waals surface area contributed by atoms with Gasteiger partial charge < -0.3 is 19.2 Å². The average molecular weight is 342 g/mol. The van der Waals surface area contributed by atoms with Crippen LogP contribution in [0.15, 0.2) is 29.1 Å². The molecule has 1 N–H and O–H groups in total. The number of hydrogen-bond acceptors (Lipinski definition) is 6. The molecule has 0 atom stereocenters. The minimum atomic E-state index is -0.432. The summed E-state index contributed by atoms with van der Waals surface area (Å²) >= 11 is 0. The number of aromatic amines is 1. The van der Waals surface area contributed by atoms with Crippen molar-refractivity contribution in [3.63, 3.8) is 0 Å². The first kappa shape index (κ1) is 18.1. The Kier molecular flexibility index (Phi) is 5.79. The number of carbonyl (C=O) groups excluding carboxylic acids is 1. The number of nitrogens with zero attached hydrogens (tertiary/aromatic N) is 1. The second-order valence-electron chi connectivity index (χ2n) is 5.24. The van der Waals surface area contributed by atoms with E-state index in [9.17, 15) is 14.9 Å². The molecular weight excluding hydrogens is 324 g/mol. The molecule has 2 aromatic rings. The number of pyridine rings is 1. The molecule has 0 bridgehead atoms. The van der Waals surface area contributed by atoms with Crippen LogP contribution in [0.3, 0.4) is 0 Å². The molecule has 2 rings (SSSR count). The number of aryl methyl sites for hydroxylation is 1. The molecule has 0 saturated heterocycles. The summed E-state index contributed by atoms with van der Waals surface area (Å²) in [6.45, 7) is 3.39. The molecular formula is C18H18N2O5. The van der Waals surface area contributed by atoms with Crippen molar-refractivity contribution in [2.45, 2.75) is 13.8 Å². The summed E-state index contributed by atoms with van der Waals surface area (Å²) in [5, 5.41) is 9.25. The van der Waals surface area contributed by atoms with Gasteiger partial charge in [-0.05, 0) is 30.7 Å². The minimum Gasteiger partial charge on any atom is -0.493 e. The van der Waals surface area contributed by atoms with E-state index in [0.29, 0.717) is 28.3 Å². The van der Waals surface area contributed by atoms with Crippen molar-refractivity contribution in [3.8, 4) is 28.7 Å². The lowest BCUT2D eigenvalue weighted by molar-refractivity contribution is -0.141. The highest BCUT2D eigenvalue weighted by atomic mass is 16.6. The van der Waals surface area contributed by atoms with Gasteiger partial charge in [-0.1, -0.05) is 6.07 Å². The summed E-state index contributed by atoms with van der Waals surface area (Å²) in [4.78, 5) is 25.3. The summed E-state index contributed by atoms with van der Waals surface area (Å²) in [6.07, 6.45) is 0. The van der Waals surface area contributed by atoms with Crippen LogP contribution in [-0.4, -0.2) is 31.3 Å². The number of aromatic nitrogens is 1. The lowest BCUT2D eigenvalue weighted by atomic mass is 10.0. The molecule has 0 amide bonds. The molecule has 0 radical (unpaired) electrons. The van der Waals surface area contributed by atoms with Crippen LogP contribution in [0.5, 0.6) is 11.5 Å². The number of carbonyl (C=O) groups is 1. The SMILES string of the molecule is COc1cc(-c2cc(C)[nH]c(=O)c2C#N)ccc1OCCOC(C)=O. The molecule has 0 fully saturated rings. The summed E-state index contributed by atoms with van der Waals surface area (Å²) in [5.41, 5.74) is 1.44. The van der Waals surface area contributed by atoms with Gasteiger partial charge in [0.15, 0.2) is 11.5 Å². The van der Waals surface area contributed by atoms with Crippen LogP contribution in [0.4, 0.5) is 0 Å². The van der Waals surface area contributed by atoms with Crippen molar-refractivity contribution in [1.82, 2.24) is 4.98 Å². The normalized spacial score (nSPS) is 10.0. The third kappa shape index (κ3) is 4.38. The molecule has 7 nitrogen and oxygen atoms in total. The van der Waals surface area contributed by atoms with Gasteiger partial charge in [-0.25, -0.2) is 0 Å². The Morgan fingerprint density at radius 3 is 2.64 bits per heavy atom. The molecule has 1 aromatic heterocycles. The highest BCUT2D eigenvalue weighted by Gasteiger charge is 2.13. The third-order valence-corrected chi connectivity index (χ3v) is 3.40. The monoisotopic (exact) mass is 342 g/mol. The smallest absolute Gasteiger partial charge is 0.302 e. The molecule has 0 aliphatic rings. The van der Waals surface area contributed by atoms with E-state index in [4.69, 9.17) is 14.2 Å². The Morgan fingerprint density at radius 1 is 1.24 bits per heavy atom. The highest BCUT2D eigenvalue weighted by molar-refractivity contribution is 5.72.